The van der Waals surface area contributed by atoms with E-state index in [0.717, 1.165) is 17.0 Å². The number of nitrogens with one attached hydrogen (secondary N) is 1. The van der Waals surface area contributed by atoms with Gasteiger partial charge in [0.1, 0.15) is 5.70 Å². The fourth-order valence-corrected chi connectivity index (χ4v) is 3.98. The molecule has 0 aliphatic carbocycles. The molecule has 158 valence electrons. The Morgan fingerprint density at radius 1 is 0.903 bits per heavy atom. The van der Waals surface area contributed by atoms with Crippen molar-refractivity contribution >= 4 is 40.1 Å². The highest BCUT2D eigenvalue weighted by Crippen LogP contribution is 2.37. The zero-order chi connectivity index (χ0) is 22.1. The van der Waals surface area contributed by atoms with Crippen molar-refractivity contribution in [1.29, 1.82) is 0 Å². The average Bonchev–Trinajstić information content (AvgIpc) is 3.37. The lowest BCUT2D eigenvalue weighted by Crippen LogP contribution is -2.32. The summed E-state index contributed by atoms with van der Waals surface area (Å²) in [4.78, 5) is 27.8. The highest BCUT2D eigenvalue weighted by atomic mass is 32.1. The molecule has 0 spiro atoms. The fraction of sp³-hybridized carbons (Fsp3) is 0.0909. The number of carbonyl (C=O) groups excluding carboxylic acids is 2. The molecule has 0 unspecified atom stereocenters. The van der Waals surface area contributed by atoms with Crippen molar-refractivity contribution in [3.8, 4) is 11.5 Å². The highest BCUT2D eigenvalue weighted by molar-refractivity contribution is 7.11. The van der Waals surface area contributed by atoms with E-state index < -0.39 is 23.4 Å². The molecule has 2 amide bonds. The molecule has 0 radical (unpaired) electrons. The van der Waals surface area contributed by atoms with Crippen LogP contribution in [0.15, 0.2) is 59.6 Å². The van der Waals surface area contributed by atoms with Crippen LogP contribution >= 0.6 is 11.3 Å². The second kappa shape index (κ2) is 8.19. The van der Waals surface area contributed by atoms with Crippen LogP contribution in [0.4, 0.5) is 20.2 Å². The first-order valence-corrected chi connectivity index (χ1v) is 9.93. The molecule has 0 saturated carbocycles. The Labute approximate surface area is 180 Å². The quantitative estimate of drug-likeness (QED) is 0.572. The molecule has 1 aromatic heterocycles. The molecular weight excluding hydrogens is 426 g/mol. The predicted molar refractivity (Wildman–Crippen MR) is 113 cm³/mol. The Morgan fingerprint density at radius 3 is 2.32 bits per heavy atom. The van der Waals surface area contributed by atoms with E-state index in [1.165, 1.54) is 31.6 Å². The number of methoxy groups -OCH3 is 2. The molecule has 0 atom stereocenters. The van der Waals surface area contributed by atoms with E-state index in [1.54, 1.807) is 35.7 Å². The minimum Gasteiger partial charge on any atom is -0.493 e. The van der Waals surface area contributed by atoms with Gasteiger partial charge in [-0.25, -0.2) is 13.7 Å². The Morgan fingerprint density at radius 2 is 1.68 bits per heavy atom. The summed E-state index contributed by atoms with van der Waals surface area (Å²) in [5, 5.41) is 4.75. The van der Waals surface area contributed by atoms with Gasteiger partial charge in [0.2, 0.25) is 0 Å². The van der Waals surface area contributed by atoms with Gasteiger partial charge >= 0.3 is 0 Å². The predicted octanol–water partition coefficient (Wildman–Crippen LogP) is 4.44. The molecule has 6 nitrogen and oxygen atoms in total. The molecule has 0 fully saturated rings. The van der Waals surface area contributed by atoms with E-state index in [1.807, 2.05) is 0 Å². The maximum absolute atomic E-state index is 13.8. The van der Waals surface area contributed by atoms with Gasteiger partial charge in [0.05, 0.1) is 25.5 Å². The van der Waals surface area contributed by atoms with Crippen LogP contribution < -0.4 is 19.7 Å². The first kappa shape index (κ1) is 20.5. The molecule has 4 rings (SSSR count). The average molecular weight is 442 g/mol. The van der Waals surface area contributed by atoms with Gasteiger partial charge in [0, 0.05) is 22.7 Å². The van der Waals surface area contributed by atoms with Crippen molar-refractivity contribution in [2.24, 2.45) is 0 Å². The van der Waals surface area contributed by atoms with Gasteiger partial charge in [-0.3, -0.25) is 9.59 Å². The van der Waals surface area contributed by atoms with Crippen LogP contribution in [0.25, 0.3) is 5.57 Å². The molecule has 2 heterocycles. The summed E-state index contributed by atoms with van der Waals surface area (Å²) in [5.74, 6) is -2.62. The lowest BCUT2D eigenvalue weighted by molar-refractivity contribution is -0.120. The minimum absolute atomic E-state index is 0.0180. The number of nitrogens with zero attached hydrogens (tertiary/aromatic N) is 1. The second-order valence-electron chi connectivity index (χ2n) is 6.47. The molecule has 31 heavy (non-hydrogen) atoms. The number of benzene rings is 2. The van der Waals surface area contributed by atoms with Crippen molar-refractivity contribution in [3.05, 3.63) is 76.1 Å². The zero-order valence-corrected chi connectivity index (χ0v) is 17.3. The number of carbonyl (C=O) groups is 2. The first-order chi connectivity index (χ1) is 14.9. The molecule has 0 bridgehead atoms. The zero-order valence-electron chi connectivity index (χ0n) is 16.4. The number of rotatable bonds is 6. The summed E-state index contributed by atoms with van der Waals surface area (Å²) in [6.07, 6.45) is 0. The Bertz CT molecular complexity index is 1210. The number of halogens is 2. The van der Waals surface area contributed by atoms with Gasteiger partial charge in [-0.1, -0.05) is 6.07 Å². The van der Waals surface area contributed by atoms with E-state index in [0.29, 0.717) is 22.1 Å². The molecule has 2 aromatic carbocycles. The van der Waals surface area contributed by atoms with E-state index in [4.69, 9.17) is 9.47 Å². The SMILES string of the molecule is COc1ccc(NC2=C(c3cccs3)C(=O)N(c3ccc(F)c(F)c3)C2=O)cc1OC. The lowest BCUT2D eigenvalue weighted by atomic mass is 10.1. The Kier molecular flexibility index (Phi) is 5.43. The van der Waals surface area contributed by atoms with Crippen molar-refractivity contribution in [1.82, 2.24) is 0 Å². The monoisotopic (exact) mass is 442 g/mol. The second-order valence-corrected chi connectivity index (χ2v) is 7.41. The molecule has 3 aromatic rings. The van der Waals surface area contributed by atoms with Crippen LogP contribution in [-0.4, -0.2) is 26.0 Å². The number of hydrogen-bond acceptors (Lipinski definition) is 6. The number of anilines is 2. The van der Waals surface area contributed by atoms with Gasteiger partial charge in [-0.15, -0.1) is 11.3 Å². The lowest BCUT2D eigenvalue weighted by Gasteiger charge is -2.16. The topological polar surface area (TPSA) is 67.9 Å². The summed E-state index contributed by atoms with van der Waals surface area (Å²) in [6, 6.07) is 11.3. The standard InChI is InChI=1S/C22H16F2N2O4S/c1-29-16-8-5-12(10-17(16)30-2)25-20-19(18-4-3-9-31-18)21(27)26(22(20)28)13-6-7-14(23)15(24)11-13/h3-11,25H,1-2H3. The van der Waals surface area contributed by atoms with Gasteiger partial charge in [0.15, 0.2) is 23.1 Å². The van der Waals surface area contributed by atoms with Crippen LogP contribution in [-0.2, 0) is 9.59 Å². The van der Waals surface area contributed by atoms with Crippen molar-refractivity contribution in [3.63, 3.8) is 0 Å². The summed E-state index contributed by atoms with van der Waals surface area (Å²) in [6.45, 7) is 0. The minimum atomic E-state index is -1.16. The first-order valence-electron chi connectivity index (χ1n) is 9.05. The molecule has 1 N–H and O–H groups in total. The molecule has 1 aliphatic heterocycles. The van der Waals surface area contributed by atoms with E-state index in [2.05, 4.69) is 5.32 Å². The van der Waals surface area contributed by atoms with Crippen molar-refractivity contribution < 1.29 is 27.8 Å². The van der Waals surface area contributed by atoms with Gasteiger partial charge in [-0.2, -0.15) is 0 Å². The third-order valence-corrected chi connectivity index (χ3v) is 5.55. The number of hydrogen-bond donors (Lipinski definition) is 1. The van der Waals surface area contributed by atoms with Gasteiger partial charge < -0.3 is 14.8 Å². The Balaban J connectivity index is 1.78. The van der Waals surface area contributed by atoms with Gasteiger partial charge in [-0.05, 0) is 35.7 Å². The van der Waals surface area contributed by atoms with Crippen LogP contribution in [0.1, 0.15) is 4.88 Å². The van der Waals surface area contributed by atoms with Crippen LogP contribution in [0.3, 0.4) is 0 Å². The molecular formula is C22H16F2N2O4S. The van der Waals surface area contributed by atoms with E-state index >= 15 is 0 Å². The smallest absolute Gasteiger partial charge is 0.282 e. The summed E-state index contributed by atoms with van der Waals surface area (Å²) in [5.41, 5.74) is 0.575. The third kappa shape index (κ3) is 3.64. The van der Waals surface area contributed by atoms with E-state index in [-0.39, 0.29) is 17.0 Å². The molecule has 9 heteroatoms. The maximum atomic E-state index is 13.8. The number of amides is 2. The number of ether oxygens (including phenoxy) is 2. The van der Waals surface area contributed by atoms with Crippen molar-refractivity contribution in [2.75, 3.05) is 24.4 Å². The molecule has 1 aliphatic rings. The van der Waals surface area contributed by atoms with Crippen LogP contribution in [0.2, 0.25) is 0 Å². The fourth-order valence-electron chi connectivity index (χ4n) is 3.21. The van der Waals surface area contributed by atoms with Crippen LogP contribution in [0, 0.1) is 11.6 Å². The number of thiophene rings is 1. The summed E-state index contributed by atoms with van der Waals surface area (Å²) in [7, 11) is 2.98. The number of imide groups is 1. The molecule has 0 saturated heterocycles. The summed E-state index contributed by atoms with van der Waals surface area (Å²) >= 11 is 1.28. The van der Waals surface area contributed by atoms with Crippen molar-refractivity contribution in [2.45, 2.75) is 0 Å². The maximum Gasteiger partial charge on any atom is 0.282 e. The van der Waals surface area contributed by atoms with Crippen LogP contribution in [0.5, 0.6) is 11.5 Å². The van der Waals surface area contributed by atoms with E-state index in [9.17, 15) is 18.4 Å². The summed E-state index contributed by atoms with van der Waals surface area (Å²) < 4.78 is 37.7. The third-order valence-electron chi connectivity index (χ3n) is 4.67. The highest BCUT2D eigenvalue weighted by Gasteiger charge is 2.41. The normalized spacial score (nSPS) is 13.7. The Hall–Kier alpha value is -3.72. The van der Waals surface area contributed by atoms with Gasteiger partial charge in [0.25, 0.3) is 11.8 Å². The largest absolute Gasteiger partial charge is 0.493 e.